The molecule has 112 valence electrons. The number of carboxylic acids is 1. The van der Waals surface area contributed by atoms with Crippen LogP contribution in [0, 0.1) is 6.92 Å². The molecule has 1 aromatic rings. The van der Waals surface area contributed by atoms with Gasteiger partial charge in [0.1, 0.15) is 23.4 Å². The summed E-state index contributed by atoms with van der Waals surface area (Å²) in [6.45, 7) is 1.82. The molecule has 0 spiro atoms. The lowest BCUT2D eigenvalue weighted by atomic mass is 10.0. The minimum Gasteiger partial charge on any atom is -0.477 e. The van der Waals surface area contributed by atoms with Gasteiger partial charge < -0.3 is 15.3 Å². The van der Waals surface area contributed by atoms with Gasteiger partial charge in [-0.25, -0.2) is 9.78 Å². The predicted molar refractivity (Wildman–Crippen MR) is 77.7 cm³/mol. The molecule has 0 aromatic carbocycles. The molecule has 1 saturated heterocycles. The molecular weight excluding hydrogens is 314 g/mol. The molecule has 1 amide bonds. The van der Waals surface area contributed by atoms with Crippen LogP contribution in [0.25, 0.3) is 0 Å². The molecule has 1 fully saturated rings. The second-order valence-electron chi connectivity index (χ2n) is 4.74. The Labute approximate surface area is 128 Å². The Morgan fingerprint density at radius 1 is 1.71 bits per heavy atom. The van der Waals surface area contributed by atoms with Gasteiger partial charge in [0.15, 0.2) is 0 Å². The maximum absolute atomic E-state index is 11.8. The first kappa shape index (κ1) is 14.5. The lowest BCUT2D eigenvalue weighted by Gasteiger charge is -2.48. The van der Waals surface area contributed by atoms with Crippen molar-refractivity contribution in [3.05, 3.63) is 23.2 Å². The van der Waals surface area contributed by atoms with E-state index in [1.807, 2.05) is 6.92 Å². The summed E-state index contributed by atoms with van der Waals surface area (Å²) < 4.78 is 5.23. The van der Waals surface area contributed by atoms with Crippen LogP contribution in [-0.2, 0) is 9.59 Å². The molecule has 0 aliphatic carbocycles. The molecule has 1 aromatic heterocycles. The Morgan fingerprint density at radius 3 is 3.10 bits per heavy atom. The van der Waals surface area contributed by atoms with Crippen LogP contribution >= 0.6 is 23.5 Å². The van der Waals surface area contributed by atoms with E-state index >= 15 is 0 Å². The van der Waals surface area contributed by atoms with E-state index < -0.39 is 12.0 Å². The molecule has 7 nitrogen and oxygen atoms in total. The molecular formula is C12H13N3O4S2. The van der Waals surface area contributed by atoms with E-state index in [0.29, 0.717) is 22.3 Å². The van der Waals surface area contributed by atoms with E-state index in [1.54, 1.807) is 6.26 Å². The van der Waals surface area contributed by atoms with E-state index in [4.69, 9.17) is 10.2 Å². The van der Waals surface area contributed by atoms with Crippen molar-refractivity contribution >= 4 is 35.4 Å². The molecule has 21 heavy (non-hydrogen) atoms. The normalized spacial score (nSPS) is 24.9. The number of amides is 1. The van der Waals surface area contributed by atoms with Crippen LogP contribution in [0.2, 0.25) is 0 Å². The third-order valence-corrected chi connectivity index (χ3v) is 5.55. The number of rotatable bonds is 4. The van der Waals surface area contributed by atoms with Gasteiger partial charge in [0.25, 0.3) is 5.22 Å². The van der Waals surface area contributed by atoms with Crippen molar-refractivity contribution < 1.29 is 19.1 Å². The van der Waals surface area contributed by atoms with Crippen molar-refractivity contribution in [2.75, 3.05) is 11.5 Å². The smallest absolute Gasteiger partial charge is 0.352 e. The van der Waals surface area contributed by atoms with E-state index in [2.05, 4.69) is 4.98 Å². The molecule has 0 bridgehead atoms. The third-order valence-electron chi connectivity index (χ3n) is 3.26. The molecule has 2 aliphatic rings. The minimum absolute atomic E-state index is 0.0567. The lowest BCUT2D eigenvalue weighted by Crippen LogP contribution is -2.68. The number of hydrogen-bond donors (Lipinski definition) is 2. The molecule has 1 unspecified atom stereocenters. The summed E-state index contributed by atoms with van der Waals surface area (Å²) in [5.41, 5.74) is 7.21. The van der Waals surface area contributed by atoms with Crippen molar-refractivity contribution in [1.82, 2.24) is 9.88 Å². The zero-order valence-electron chi connectivity index (χ0n) is 11.1. The topological polar surface area (TPSA) is 110 Å². The highest BCUT2D eigenvalue weighted by Gasteiger charge is 2.51. The fourth-order valence-corrected chi connectivity index (χ4v) is 4.52. The van der Waals surface area contributed by atoms with Crippen molar-refractivity contribution in [3.8, 4) is 0 Å². The average molecular weight is 327 g/mol. The predicted octanol–water partition coefficient (Wildman–Crippen LogP) is 0.656. The highest BCUT2D eigenvalue weighted by atomic mass is 32.2. The van der Waals surface area contributed by atoms with Gasteiger partial charge in [0, 0.05) is 11.5 Å². The Morgan fingerprint density at radius 2 is 2.48 bits per heavy atom. The van der Waals surface area contributed by atoms with Crippen LogP contribution in [0.5, 0.6) is 0 Å². The highest BCUT2D eigenvalue weighted by Crippen LogP contribution is 2.40. The standard InChI is InChI=1S/C12H13N3O4S2/c1-5-2-19-12(14-5)21-4-6-3-20-10-7(13)9(16)15(10)8(6)11(17)18/h2,7,10H,3-4,13H2,1H3,(H,17,18)/t7?,10-/m1/s1. The van der Waals surface area contributed by atoms with Crippen LogP contribution in [0.3, 0.4) is 0 Å². The number of carbonyl (C=O) groups is 2. The monoisotopic (exact) mass is 327 g/mol. The molecule has 3 rings (SSSR count). The van der Waals surface area contributed by atoms with Gasteiger partial charge in [-0.2, -0.15) is 0 Å². The zero-order chi connectivity index (χ0) is 15.1. The molecule has 0 radical (unpaired) electrons. The molecule has 3 heterocycles. The maximum atomic E-state index is 11.8. The van der Waals surface area contributed by atoms with E-state index in [1.165, 1.54) is 28.4 Å². The molecule has 3 N–H and O–H groups in total. The summed E-state index contributed by atoms with van der Waals surface area (Å²) in [6, 6.07) is -0.604. The van der Waals surface area contributed by atoms with Gasteiger partial charge >= 0.3 is 5.97 Å². The van der Waals surface area contributed by atoms with Crippen molar-refractivity contribution in [3.63, 3.8) is 0 Å². The van der Waals surface area contributed by atoms with Gasteiger partial charge in [-0.05, 0) is 12.5 Å². The van der Waals surface area contributed by atoms with Gasteiger partial charge in [0.05, 0.1) is 5.69 Å². The Hall–Kier alpha value is -1.45. The number of nitrogens with two attached hydrogens (primary N) is 1. The van der Waals surface area contributed by atoms with Crippen molar-refractivity contribution in [2.45, 2.75) is 23.6 Å². The summed E-state index contributed by atoms with van der Waals surface area (Å²) in [5.74, 6) is -0.477. The van der Waals surface area contributed by atoms with Gasteiger partial charge in [-0.15, -0.1) is 11.8 Å². The third kappa shape index (κ3) is 2.45. The van der Waals surface area contributed by atoms with Crippen LogP contribution in [0.4, 0.5) is 0 Å². The molecule has 0 saturated carbocycles. The van der Waals surface area contributed by atoms with Gasteiger partial charge in [0.2, 0.25) is 5.91 Å². The van der Waals surface area contributed by atoms with Crippen LogP contribution in [0.1, 0.15) is 5.69 Å². The number of nitrogens with zero attached hydrogens (tertiary/aromatic N) is 2. The first-order valence-electron chi connectivity index (χ1n) is 6.19. The zero-order valence-corrected chi connectivity index (χ0v) is 12.7. The number of aliphatic carboxylic acids is 1. The van der Waals surface area contributed by atoms with Gasteiger partial charge in [-0.3, -0.25) is 9.69 Å². The number of hydrogen-bond acceptors (Lipinski definition) is 7. The van der Waals surface area contributed by atoms with Crippen LogP contribution < -0.4 is 5.73 Å². The van der Waals surface area contributed by atoms with Crippen LogP contribution in [-0.4, -0.2) is 49.8 Å². The minimum atomic E-state index is -1.10. The number of thioether (sulfide) groups is 2. The molecule has 9 heteroatoms. The van der Waals surface area contributed by atoms with Gasteiger partial charge in [-0.1, -0.05) is 11.8 Å². The first-order chi connectivity index (χ1) is 9.99. The summed E-state index contributed by atoms with van der Waals surface area (Å²) in [6.07, 6.45) is 1.54. The van der Waals surface area contributed by atoms with E-state index in [-0.39, 0.29) is 17.0 Å². The Balaban J connectivity index is 1.81. The number of oxazole rings is 1. The highest BCUT2D eigenvalue weighted by molar-refractivity contribution is 8.01. The fourth-order valence-electron chi connectivity index (χ4n) is 2.24. The fraction of sp³-hybridized carbons (Fsp3) is 0.417. The number of aromatic nitrogens is 1. The van der Waals surface area contributed by atoms with Crippen LogP contribution in [0.15, 0.2) is 27.2 Å². The van der Waals surface area contributed by atoms with E-state index in [9.17, 15) is 14.7 Å². The number of β-lactam (4-membered cyclic amide) rings is 1. The summed E-state index contributed by atoms with van der Waals surface area (Å²) in [7, 11) is 0. The second kappa shape index (κ2) is 5.39. The first-order valence-corrected chi connectivity index (χ1v) is 8.23. The Kier molecular flexibility index (Phi) is 3.72. The molecule has 2 aliphatic heterocycles. The van der Waals surface area contributed by atoms with Crippen molar-refractivity contribution in [2.24, 2.45) is 5.73 Å². The van der Waals surface area contributed by atoms with Crippen molar-refractivity contribution in [1.29, 1.82) is 0 Å². The maximum Gasteiger partial charge on any atom is 0.352 e. The number of fused-ring (bicyclic) bond motifs is 1. The SMILES string of the molecule is Cc1coc(SCC2=C(C(=O)O)N3C(=O)C(N)[C@H]3SC2)n1. The molecule has 2 atom stereocenters. The quantitative estimate of drug-likeness (QED) is 0.613. The second-order valence-corrected chi connectivity index (χ2v) is 6.77. The largest absolute Gasteiger partial charge is 0.477 e. The summed E-state index contributed by atoms with van der Waals surface area (Å²) in [5, 5.41) is 9.61. The number of aryl methyl sites for hydroxylation is 1. The lowest BCUT2D eigenvalue weighted by molar-refractivity contribution is -0.147. The summed E-state index contributed by atoms with van der Waals surface area (Å²) in [4.78, 5) is 28.7. The van der Waals surface area contributed by atoms with E-state index in [0.717, 1.165) is 5.69 Å². The number of carbonyl (C=O) groups excluding carboxylic acids is 1. The summed E-state index contributed by atoms with van der Waals surface area (Å²) >= 11 is 2.81. The number of carboxylic acid groups (broad SMARTS) is 1. The Bertz CT molecular complexity index is 642. The average Bonchev–Trinajstić information content (AvgIpc) is 2.88.